The van der Waals surface area contributed by atoms with E-state index in [1.807, 2.05) is 36.4 Å². The molecule has 0 radical (unpaired) electrons. The van der Waals surface area contributed by atoms with Gasteiger partial charge in [0.25, 0.3) is 0 Å². The summed E-state index contributed by atoms with van der Waals surface area (Å²) in [6.45, 7) is 0.453. The summed E-state index contributed by atoms with van der Waals surface area (Å²) in [6, 6.07) is 12.0. The minimum atomic E-state index is -1.21. The molecule has 0 bridgehead atoms. The third-order valence-electron chi connectivity index (χ3n) is 5.30. The molecule has 1 aliphatic rings. The number of nitrogens with one attached hydrogen (secondary N) is 1. The second kappa shape index (κ2) is 9.87. The fraction of sp³-hybridized carbons (Fsp3) is 0.167. The van der Waals surface area contributed by atoms with E-state index in [2.05, 4.69) is 19.7 Å². The number of aliphatic hydroxyl groups excluding tert-OH is 1. The topological polar surface area (TPSA) is 126 Å². The van der Waals surface area contributed by atoms with E-state index in [0.29, 0.717) is 52.3 Å². The van der Waals surface area contributed by atoms with Crippen LogP contribution in [-0.4, -0.2) is 57.6 Å². The summed E-state index contributed by atoms with van der Waals surface area (Å²) >= 11 is 8.00. The smallest absolute Gasteiger partial charge is 0.330 e. The van der Waals surface area contributed by atoms with Crippen LogP contribution in [0.1, 0.15) is 5.56 Å². The fourth-order valence-electron chi connectivity index (χ4n) is 3.55. The number of ether oxygens (including phenoxy) is 2. The lowest BCUT2D eigenvalue weighted by atomic mass is 10.0. The van der Waals surface area contributed by atoms with Crippen LogP contribution in [0.5, 0.6) is 11.5 Å². The molecule has 11 heteroatoms. The minimum Gasteiger partial charge on any atom is -0.486 e. The number of aromatic nitrogens is 2. The van der Waals surface area contributed by atoms with Crippen LogP contribution in [0, 0.1) is 0 Å². The highest BCUT2D eigenvalue weighted by Gasteiger charge is 2.17. The Hall–Kier alpha value is -3.73. The highest BCUT2D eigenvalue weighted by molar-refractivity contribution is 7.13. The highest BCUT2D eigenvalue weighted by atomic mass is 35.5. The number of carboxylic acid groups (broad SMARTS) is 1. The molecule has 4 aromatic rings. The molecule has 178 valence electrons. The van der Waals surface area contributed by atoms with Crippen LogP contribution >= 0.6 is 23.1 Å². The van der Waals surface area contributed by atoms with Gasteiger partial charge < -0.3 is 25.0 Å². The van der Waals surface area contributed by atoms with Crippen molar-refractivity contribution in [3.8, 4) is 22.6 Å². The average Bonchev–Trinajstić information content (AvgIpc) is 3.27. The van der Waals surface area contributed by atoms with E-state index in [9.17, 15) is 4.79 Å². The first-order valence-corrected chi connectivity index (χ1v) is 11.8. The number of fused-ring (bicyclic) bond motifs is 2. The van der Waals surface area contributed by atoms with Crippen LogP contribution in [0.3, 0.4) is 0 Å². The van der Waals surface area contributed by atoms with Crippen LogP contribution in [0.2, 0.25) is 5.02 Å². The zero-order valence-corrected chi connectivity index (χ0v) is 19.7. The zero-order chi connectivity index (χ0) is 24.4. The number of nitrogens with zero attached hydrogens (tertiary/aromatic N) is 3. The van der Waals surface area contributed by atoms with Gasteiger partial charge in [0.05, 0.1) is 22.0 Å². The molecule has 0 fully saturated rings. The summed E-state index contributed by atoms with van der Waals surface area (Å²) in [5.41, 5.74) is 3.65. The lowest BCUT2D eigenvalue weighted by molar-refractivity contribution is -0.139. The van der Waals surface area contributed by atoms with Gasteiger partial charge in [0.2, 0.25) is 0 Å². The predicted molar refractivity (Wildman–Crippen MR) is 135 cm³/mol. The van der Waals surface area contributed by atoms with Crippen LogP contribution < -0.4 is 14.8 Å². The third kappa shape index (κ3) is 4.76. The number of rotatable bonds is 7. The molecule has 0 aliphatic carbocycles. The first kappa shape index (κ1) is 23.0. The van der Waals surface area contributed by atoms with E-state index in [1.165, 1.54) is 17.7 Å². The van der Waals surface area contributed by atoms with Gasteiger partial charge in [-0.1, -0.05) is 29.8 Å². The quantitative estimate of drug-likeness (QED) is 0.312. The molecule has 3 N–H and O–H groups in total. The lowest BCUT2D eigenvalue weighted by Gasteiger charge is -2.19. The van der Waals surface area contributed by atoms with Crippen molar-refractivity contribution in [1.29, 1.82) is 0 Å². The summed E-state index contributed by atoms with van der Waals surface area (Å²) in [7, 11) is 0. The van der Waals surface area contributed by atoms with Gasteiger partial charge in [0.15, 0.2) is 23.4 Å². The van der Waals surface area contributed by atoms with Crippen LogP contribution in [0.4, 0.5) is 11.5 Å². The number of carbonyl (C=O) groups is 1. The number of hydrogen-bond acceptors (Lipinski definition) is 9. The molecule has 0 unspecified atom stereocenters. The second-order valence-corrected chi connectivity index (χ2v) is 8.79. The number of pyridine rings is 1. The SMILES string of the molecule is O=C(O)[C@H](CO)N=Cc1cnc2c(Nc3cccc(-c4ccc5c(c4)OCCO5)c3Cl)nsc2c1. The molecular formula is C24H19ClN4O5S. The van der Waals surface area contributed by atoms with Gasteiger partial charge >= 0.3 is 5.97 Å². The number of carboxylic acids is 1. The molecule has 35 heavy (non-hydrogen) atoms. The Morgan fingerprint density at radius 1 is 1.23 bits per heavy atom. The van der Waals surface area contributed by atoms with E-state index in [-0.39, 0.29) is 0 Å². The maximum absolute atomic E-state index is 11.0. The van der Waals surface area contributed by atoms with E-state index in [1.54, 1.807) is 12.3 Å². The normalized spacial score (nSPS) is 13.8. The molecule has 2 aromatic carbocycles. The second-order valence-electron chi connectivity index (χ2n) is 7.61. The van der Waals surface area contributed by atoms with Crippen molar-refractivity contribution in [3.63, 3.8) is 0 Å². The molecule has 0 saturated heterocycles. The van der Waals surface area contributed by atoms with Crippen molar-refractivity contribution >= 4 is 57.0 Å². The van der Waals surface area contributed by atoms with Crippen molar-refractivity contribution in [1.82, 2.24) is 9.36 Å². The number of benzene rings is 2. The molecule has 1 atom stereocenters. The summed E-state index contributed by atoms with van der Waals surface area (Å²) in [4.78, 5) is 19.4. The number of aliphatic imine (C=N–C) groups is 1. The standard InChI is InChI=1S/C24H19ClN4O5S/c25-21-15(14-4-5-18-19(9-14)34-7-6-33-18)2-1-3-16(21)28-23-22-20(35-29-23)8-13(11-27-22)10-26-17(12-30)24(31)32/h1-5,8-11,17,30H,6-7,12H2,(H,28,29)(H,31,32)/t17-/m0/s1. The van der Waals surface area contributed by atoms with Gasteiger partial charge in [0, 0.05) is 23.5 Å². The lowest BCUT2D eigenvalue weighted by Crippen LogP contribution is -2.22. The maximum atomic E-state index is 11.0. The van der Waals surface area contributed by atoms with Gasteiger partial charge in [0.1, 0.15) is 18.7 Å². The molecule has 9 nitrogen and oxygen atoms in total. The molecular weight excluding hydrogens is 492 g/mol. The Morgan fingerprint density at radius 3 is 2.86 bits per heavy atom. The summed E-state index contributed by atoms with van der Waals surface area (Å²) < 4.78 is 16.5. The van der Waals surface area contributed by atoms with Crippen LogP contribution in [0.25, 0.3) is 21.3 Å². The first-order valence-electron chi connectivity index (χ1n) is 10.6. The molecule has 0 spiro atoms. The Balaban J connectivity index is 1.40. The number of aliphatic hydroxyl groups is 1. The molecule has 0 amide bonds. The first-order chi connectivity index (χ1) is 17.0. The van der Waals surface area contributed by atoms with E-state index in [4.69, 9.17) is 31.3 Å². The Morgan fingerprint density at radius 2 is 2.06 bits per heavy atom. The van der Waals surface area contributed by atoms with Gasteiger partial charge in [-0.3, -0.25) is 9.98 Å². The molecule has 5 rings (SSSR count). The number of halogens is 1. The third-order valence-corrected chi connectivity index (χ3v) is 6.49. The largest absolute Gasteiger partial charge is 0.486 e. The van der Waals surface area contributed by atoms with Gasteiger partial charge in [-0.25, -0.2) is 4.79 Å². The highest BCUT2D eigenvalue weighted by Crippen LogP contribution is 2.40. The number of hydrogen-bond donors (Lipinski definition) is 3. The Bertz CT molecular complexity index is 1440. The minimum absolute atomic E-state index is 0.505. The van der Waals surface area contributed by atoms with Crippen LogP contribution in [-0.2, 0) is 4.79 Å². The van der Waals surface area contributed by atoms with Crippen molar-refractivity contribution in [2.75, 3.05) is 25.1 Å². The Kier molecular flexibility index (Phi) is 6.49. The summed E-state index contributed by atoms with van der Waals surface area (Å²) in [5.74, 6) is 0.751. The van der Waals surface area contributed by atoms with Crippen molar-refractivity contribution in [2.45, 2.75) is 6.04 Å². The van der Waals surface area contributed by atoms with E-state index >= 15 is 0 Å². The monoisotopic (exact) mass is 510 g/mol. The molecule has 0 saturated carbocycles. The maximum Gasteiger partial charge on any atom is 0.330 e. The molecule has 2 aromatic heterocycles. The van der Waals surface area contributed by atoms with Crippen molar-refractivity contribution in [2.24, 2.45) is 4.99 Å². The zero-order valence-electron chi connectivity index (χ0n) is 18.1. The van der Waals surface area contributed by atoms with E-state index < -0.39 is 18.6 Å². The number of anilines is 2. The van der Waals surface area contributed by atoms with Gasteiger partial charge in [-0.15, -0.1) is 0 Å². The van der Waals surface area contributed by atoms with E-state index in [0.717, 1.165) is 15.8 Å². The van der Waals surface area contributed by atoms with Crippen molar-refractivity contribution < 1.29 is 24.5 Å². The molecule has 3 heterocycles. The van der Waals surface area contributed by atoms with Gasteiger partial charge in [-0.05, 0) is 41.4 Å². The van der Waals surface area contributed by atoms with Crippen molar-refractivity contribution in [3.05, 3.63) is 59.2 Å². The van der Waals surface area contributed by atoms with Crippen LogP contribution in [0.15, 0.2) is 53.7 Å². The van der Waals surface area contributed by atoms with Gasteiger partial charge in [-0.2, -0.15) is 4.37 Å². The summed E-state index contributed by atoms with van der Waals surface area (Å²) in [5, 5.41) is 21.9. The Labute approximate surface area is 208 Å². The number of aliphatic carboxylic acids is 1. The predicted octanol–water partition coefficient (Wildman–Crippen LogP) is 4.39. The average molecular weight is 511 g/mol. The fourth-order valence-corrected chi connectivity index (χ4v) is 4.58. The summed E-state index contributed by atoms with van der Waals surface area (Å²) in [6.07, 6.45) is 2.94. The molecule has 1 aliphatic heterocycles.